The van der Waals surface area contributed by atoms with Gasteiger partial charge in [-0.05, 0) is 54.6 Å². The van der Waals surface area contributed by atoms with Gasteiger partial charge >= 0.3 is 0 Å². The zero-order valence-electron chi connectivity index (χ0n) is 21.7. The first-order valence-corrected chi connectivity index (χ1v) is 13.2. The number of rotatable bonds is 8. The number of benzene rings is 3. The van der Waals surface area contributed by atoms with Gasteiger partial charge in [0, 0.05) is 66.3 Å². The van der Waals surface area contributed by atoms with E-state index in [9.17, 15) is 5.11 Å². The monoisotopic (exact) mass is 520 g/mol. The van der Waals surface area contributed by atoms with Gasteiger partial charge in [0.2, 0.25) is 0 Å². The Morgan fingerprint density at radius 3 is 2.49 bits per heavy atom. The second-order valence-corrected chi connectivity index (χ2v) is 10.5. The largest absolute Gasteiger partial charge is 0.508 e. The lowest BCUT2D eigenvalue weighted by Crippen LogP contribution is -3.06. The molecular formula is C29H35ClN5O2+. The molecule has 0 bridgehead atoms. The summed E-state index contributed by atoms with van der Waals surface area (Å²) >= 11 is 6.28. The highest BCUT2D eigenvalue weighted by molar-refractivity contribution is 6.31. The SMILES string of the molecule is COc1ccc2nc3cc(Cl)ccc3c(Nc3ccc(O)c(CN4CCN(CC[NH+](C)C)CC4)c3)c2c1. The summed E-state index contributed by atoms with van der Waals surface area (Å²) in [5.74, 6) is 1.09. The number of quaternary nitrogens is 1. The number of phenols is 1. The van der Waals surface area contributed by atoms with Crippen molar-refractivity contribution in [1.29, 1.82) is 0 Å². The van der Waals surface area contributed by atoms with E-state index >= 15 is 0 Å². The number of hydrogen-bond acceptors (Lipinski definition) is 6. The molecule has 37 heavy (non-hydrogen) atoms. The molecule has 0 aliphatic carbocycles. The maximum atomic E-state index is 10.7. The topological polar surface area (TPSA) is 65.3 Å². The summed E-state index contributed by atoms with van der Waals surface area (Å²) < 4.78 is 5.49. The zero-order chi connectivity index (χ0) is 25.9. The van der Waals surface area contributed by atoms with Gasteiger partial charge in [0.25, 0.3) is 0 Å². The maximum Gasteiger partial charge on any atom is 0.120 e. The minimum absolute atomic E-state index is 0.321. The molecule has 0 saturated carbocycles. The minimum Gasteiger partial charge on any atom is -0.508 e. The highest BCUT2D eigenvalue weighted by atomic mass is 35.5. The first-order valence-electron chi connectivity index (χ1n) is 12.8. The summed E-state index contributed by atoms with van der Waals surface area (Å²) in [5, 5.41) is 16.9. The number of phenolic OH excluding ortho intramolecular Hbond substituents is 1. The van der Waals surface area contributed by atoms with Crippen molar-refractivity contribution < 1.29 is 14.7 Å². The molecule has 0 spiro atoms. The number of hydrogen-bond donors (Lipinski definition) is 3. The van der Waals surface area contributed by atoms with Crippen LogP contribution in [-0.4, -0.2) is 80.4 Å². The summed E-state index contributed by atoms with van der Waals surface area (Å²) in [4.78, 5) is 11.2. The van der Waals surface area contributed by atoms with E-state index in [0.29, 0.717) is 10.8 Å². The summed E-state index contributed by atoms with van der Waals surface area (Å²) in [6.07, 6.45) is 0. The Morgan fingerprint density at radius 2 is 1.73 bits per heavy atom. The fourth-order valence-corrected chi connectivity index (χ4v) is 5.05. The van der Waals surface area contributed by atoms with Crippen molar-refractivity contribution in [2.45, 2.75) is 6.54 Å². The fraction of sp³-hybridized carbons (Fsp3) is 0.345. The molecule has 0 radical (unpaired) electrons. The highest BCUT2D eigenvalue weighted by Crippen LogP contribution is 2.36. The van der Waals surface area contributed by atoms with Gasteiger partial charge in [-0.1, -0.05) is 11.6 Å². The molecule has 1 aliphatic rings. The van der Waals surface area contributed by atoms with Crippen molar-refractivity contribution in [3.63, 3.8) is 0 Å². The second-order valence-electron chi connectivity index (χ2n) is 10.1. The number of aromatic hydroxyl groups is 1. The number of nitrogens with zero attached hydrogens (tertiary/aromatic N) is 3. The molecule has 8 heteroatoms. The van der Waals surface area contributed by atoms with Crippen molar-refractivity contribution in [2.24, 2.45) is 0 Å². The van der Waals surface area contributed by atoms with Crippen molar-refractivity contribution in [3.8, 4) is 11.5 Å². The smallest absolute Gasteiger partial charge is 0.120 e. The van der Waals surface area contributed by atoms with E-state index in [1.165, 1.54) is 4.90 Å². The van der Waals surface area contributed by atoms with Gasteiger partial charge in [-0.15, -0.1) is 0 Å². The Bertz CT molecular complexity index is 1400. The first kappa shape index (κ1) is 25.5. The van der Waals surface area contributed by atoms with E-state index in [1.807, 2.05) is 48.5 Å². The van der Waals surface area contributed by atoms with Crippen LogP contribution >= 0.6 is 11.6 Å². The van der Waals surface area contributed by atoms with Gasteiger partial charge in [-0.3, -0.25) is 9.80 Å². The molecule has 0 atom stereocenters. The van der Waals surface area contributed by atoms with Crippen LogP contribution < -0.4 is 15.0 Å². The molecule has 1 fully saturated rings. The lowest BCUT2D eigenvalue weighted by Gasteiger charge is -2.34. The van der Waals surface area contributed by atoms with E-state index in [2.05, 4.69) is 29.2 Å². The molecule has 1 aromatic heterocycles. The molecule has 5 rings (SSSR count). The number of likely N-dealkylation sites (N-methyl/N-ethyl adjacent to an activating group) is 1. The third-order valence-electron chi connectivity index (χ3n) is 7.08. The number of fused-ring (bicyclic) bond motifs is 2. The summed E-state index contributed by atoms with van der Waals surface area (Å²) in [5.41, 5.74) is 4.43. The van der Waals surface area contributed by atoms with Crippen LogP contribution in [0.25, 0.3) is 21.8 Å². The van der Waals surface area contributed by atoms with Gasteiger partial charge in [0.15, 0.2) is 0 Å². The summed E-state index contributed by atoms with van der Waals surface area (Å²) in [7, 11) is 6.06. The third kappa shape index (κ3) is 5.91. The zero-order valence-corrected chi connectivity index (χ0v) is 22.5. The Morgan fingerprint density at radius 1 is 0.946 bits per heavy atom. The lowest BCUT2D eigenvalue weighted by molar-refractivity contribution is -0.857. The van der Waals surface area contributed by atoms with Crippen LogP contribution in [0.1, 0.15) is 5.56 Å². The molecule has 7 nitrogen and oxygen atoms in total. The predicted octanol–water partition coefficient (Wildman–Crippen LogP) is 3.76. The maximum absolute atomic E-state index is 10.7. The Kier molecular flexibility index (Phi) is 7.67. The Labute approximate surface area is 223 Å². The van der Waals surface area contributed by atoms with Crippen LogP contribution in [-0.2, 0) is 6.54 Å². The van der Waals surface area contributed by atoms with E-state index in [1.54, 1.807) is 13.2 Å². The molecule has 4 aromatic rings. The molecule has 0 amide bonds. The van der Waals surface area contributed by atoms with Gasteiger partial charge in [0.05, 0.1) is 44.5 Å². The normalized spacial score (nSPS) is 15.1. The average molecular weight is 521 g/mol. The molecule has 0 unspecified atom stereocenters. The van der Waals surface area contributed by atoms with Crippen molar-refractivity contribution in [2.75, 3.05) is 65.8 Å². The van der Waals surface area contributed by atoms with Gasteiger partial charge < -0.3 is 20.1 Å². The van der Waals surface area contributed by atoms with Crippen LogP contribution in [0.2, 0.25) is 5.02 Å². The number of halogens is 1. The standard InChI is InChI=1S/C29H34ClN5O2/c1-33(2)10-11-34-12-14-35(15-13-34)19-20-16-22(5-9-28(20)36)31-29-24-7-4-21(30)17-27(24)32-26-8-6-23(37-3)18-25(26)29/h4-9,16-18,36H,10-15,19H2,1-3H3,(H,31,32)/p+1. The second kappa shape index (κ2) is 11.1. The van der Waals surface area contributed by atoms with Crippen LogP contribution in [0.4, 0.5) is 11.4 Å². The molecule has 194 valence electrons. The number of ether oxygens (including phenoxy) is 1. The van der Waals surface area contributed by atoms with Crippen LogP contribution in [0.5, 0.6) is 11.5 Å². The molecule has 1 saturated heterocycles. The Balaban J connectivity index is 1.41. The summed E-state index contributed by atoms with van der Waals surface area (Å²) in [6, 6.07) is 17.4. The van der Waals surface area contributed by atoms with Crippen LogP contribution in [0.3, 0.4) is 0 Å². The van der Waals surface area contributed by atoms with Gasteiger partial charge in [-0.25, -0.2) is 4.98 Å². The molecule has 3 N–H and O–H groups in total. The first-order chi connectivity index (χ1) is 17.9. The number of pyridine rings is 1. The van der Waals surface area contributed by atoms with E-state index < -0.39 is 0 Å². The molecule has 2 heterocycles. The van der Waals surface area contributed by atoms with E-state index in [-0.39, 0.29) is 0 Å². The number of piperazine rings is 1. The van der Waals surface area contributed by atoms with Crippen LogP contribution in [0.15, 0.2) is 54.6 Å². The Hall–Kier alpha value is -3.10. The minimum atomic E-state index is 0.321. The van der Waals surface area contributed by atoms with Crippen LogP contribution in [0, 0.1) is 0 Å². The fourth-order valence-electron chi connectivity index (χ4n) is 4.89. The van der Waals surface area contributed by atoms with Crippen molar-refractivity contribution in [3.05, 3.63) is 65.2 Å². The number of nitrogens with one attached hydrogen (secondary N) is 2. The van der Waals surface area contributed by atoms with Crippen molar-refractivity contribution in [1.82, 2.24) is 14.8 Å². The molecule has 3 aromatic carbocycles. The van der Waals surface area contributed by atoms with Gasteiger partial charge in [-0.2, -0.15) is 0 Å². The number of aromatic nitrogens is 1. The predicted molar refractivity (Wildman–Crippen MR) is 152 cm³/mol. The molecular weight excluding hydrogens is 486 g/mol. The molecule has 1 aliphatic heterocycles. The lowest BCUT2D eigenvalue weighted by atomic mass is 10.1. The quantitative estimate of drug-likeness (QED) is 0.243. The van der Waals surface area contributed by atoms with E-state index in [4.69, 9.17) is 21.3 Å². The van der Waals surface area contributed by atoms with Crippen molar-refractivity contribution >= 4 is 44.8 Å². The summed E-state index contributed by atoms with van der Waals surface area (Å²) in [6.45, 7) is 7.13. The van der Waals surface area contributed by atoms with Gasteiger partial charge in [0.1, 0.15) is 11.5 Å². The van der Waals surface area contributed by atoms with E-state index in [0.717, 1.165) is 90.3 Å². The number of anilines is 2. The highest BCUT2D eigenvalue weighted by Gasteiger charge is 2.19. The third-order valence-corrected chi connectivity index (χ3v) is 7.31. The average Bonchev–Trinajstić information content (AvgIpc) is 2.89. The number of methoxy groups -OCH3 is 1.